The minimum absolute atomic E-state index is 0.0525. The average molecular weight is 357 g/mol. The second kappa shape index (κ2) is 5.98. The number of amides is 1. The Labute approximate surface area is 156 Å². The van der Waals surface area contributed by atoms with Crippen LogP contribution in [0.2, 0.25) is 0 Å². The van der Waals surface area contributed by atoms with Gasteiger partial charge in [-0.2, -0.15) is 0 Å². The van der Waals surface area contributed by atoms with Crippen molar-refractivity contribution in [2.24, 2.45) is 22.7 Å². The highest BCUT2D eigenvalue weighted by molar-refractivity contribution is 5.73. The standard InChI is InChI=1S/C22H31NO3/c1-13-6-7-16(18(10-13)25-5)19-17-11-15-12-22(17,8-9-26-19)20(21(15,3)4)23-14(2)24/h6-7,10,15,17,19-20H,8-9,11-12H2,1-5H3,(H,23,24)/t15-,17-,19-,20+,22?/m1/s1. The zero-order valence-electron chi connectivity index (χ0n) is 16.6. The second-order valence-electron chi connectivity index (χ2n) is 9.22. The molecule has 2 bridgehead atoms. The Kier molecular flexibility index (Phi) is 4.11. The molecule has 1 amide bonds. The quantitative estimate of drug-likeness (QED) is 0.889. The smallest absolute Gasteiger partial charge is 0.217 e. The van der Waals surface area contributed by atoms with Crippen molar-refractivity contribution in [1.29, 1.82) is 0 Å². The van der Waals surface area contributed by atoms with Gasteiger partial charge in [0.2, 0.25) is 5.91 Å². The lowest BCUT2D eigenvalue weighted by molar-refractivity contribution is -0.136. The molecule has 0 aromatic heterocycles. The first-order valence-electron chi connectivity index (χ1n) is 9.83. The van der Waals surface area contributed by atoms with Gasteiger partial charge in [0.05, 0.1) is 13.2 Å². The fourth-order valence-electron chi connectivity index (χ4n) is 6.35. The molecule has 4 heteroatoms. The number of nitrogens with one attached hydrogen (secondary N) is 1. The molecule has 142 valence electrons. The molecular formula is C22H31NO3. The molecule has 1 saturated heterocycles. The van der Waals surface area contributed by atoms with Gasteiger partial charge in [-0.3, -0.25) is 4.79 Å². The molecule has 1 heterocycles. The number of hydrogen-bond donors (Lipinski definition) is 1. The monoisotopic (exact) mass is 357 g/mol. The van der Waals surface area contributed by atoms with Gasteiger partial charge in [0.25, 0.3) is 0 Å². The SMILES string of the molecule is COc1cc(C)ccc1[C@H]1OCCC23C[C@@H](C[C@H]12)C(C)(C)[C@@H]3NC(C)=O. The van der Waals surface area contributed by atoms with Crippen molar-refractivity contribution < 1.29 is 14.3 Å². The summed E-state index contributed by atoms with van der Waals surface area (Å²) in [6, 6.07) is 6.63. The Hall–Kier alpha value is -1.55. The van der Waals surface area contributed by atoms with E-state index in [0.717, 1.165) is 24.3 Å². The fraction of sp³-hybridized carbons (Fsp3) is 0.682. The molecule has 3 aliphatic rings. The van der Waals surface area contributed by atoms with Crippen LogP contribution in [-0.2, 0) is 9.53 Å². The molecule has 1 aliphatic heterocycles. The molecule has 0 radical (unpaired) electrons. The number of benzene rings is 1. The summed E-state index contributed by atoms with van der Waals surface area (Å²) in [5, 5.41) is 3.34. The normalized spacial score (nSPS) is 37.3. The van der Waals surface area contributed by atoms with Crippen molar-refractivity contribution in [3.05, 3.63) is 29.3 Å². The second-order valence-corrected chi connectivity index (χ2v) is 9.22. The highest BCUT2D eigenvalue weighted by atomic mass is 16.5. The number of ether oxygens (including phenoxy) is 2. The third-order valence-electron chi connectivity index (χ3n) is 7.55. The van der Waals surface area contributed by atoms with E-state index in [4.69, 9.17) is 9.47 Å². The summed E-state index contributed by atoms with van der Waals surface area (Å²) in [7, 11) is 1.74. The van der Waals surface area contributed by atoms with Gasteiger partial charge in [0.15, 0.2) is 0 Å². The number of carbonyl (C=O) groups is 1. The van der Waals surface area contributed by atoms with Crippen LogP contribution in [-0.4, -0.2) is 25.7 Å². The van der Waals surface area contributed by atoms with Crippen LogP contribution in [0.4, 0.5) is 0 Å². The lowest BCUT2D eigenvalue weighted by Crippen LogP contribution is -2.58. The van der Waals surface area contributed by atoms with Crippen molar-refractivity contribution in [2.45, 2.75) is 59.1 Å². The van der Waals surface area contributed by atoms with Gasteiger partial charge in [0, 0.05) is 25.1 Å². The Morgan fingerprint density at radius 1 is 1.35 bits per heavy atom. The Morgan fingerprint density at radius 3 is 2.81 bits per heavy atom. The summed E-state index contributed by atoms with van der Waals surface area (Å²) >= 11 is 0. The van der Waals surface area contributed by atoms with Gasteiger partial charge in [0.1, 0.15) is 5.75 Å². The molecule has 5 atom stereocenters. The molecule has 1 N–H and O–H groups in total. The van der Waals surface area contributed by atoms with Crippen LogP contribution in [0.15, 0.2) is 18.2 Å². The van der Waals surface area contributed by atoms with Crippen molar-refractivity contribution >= 4 is 5.91 Å². The summed E-state index contributed by atoms with van der Waals surface area (Å²) in [5.41, 5.74) is 2.63. The average Bonchev–Trinajstić information content (AvgIpc) is 3.07. The van der Waals surface area contributed by atoms with Gasteiger partial charge >= 0.3 is 0 Å². The van der Waals surface area contributed by atoms with E-state index in [1.807, 2.05) is 0 Å². The molecule has 2 saturated carbocycles. The van der Waals surface area contributed by atoms with E-state index in [9.17, 15) is 4.79 Å². The van der Waals surface area contributed by atoms with Gasteiger partial charge in [-0.1, -0.05) is 26.0 Å². The van der Waals surface area contributed by atoms with Gasteiger partial charge in [-0.25, -0.2) is 0 Å². The molecular weight excluding hydrogens is 326 g/mol. The highest BCUT2D eigenvalue weighted by Gasteiger charge is 2.68. The van der Waals surface area contributed by atoms with Gasteiger partial charge in [-0.15, -0.1) is 0 Å². The third kappa shape index (κ3) is 2.41. The molecule has 4 nitrogen and oxygen atoms in total. The van der Waals surface area contributed by atoms with Crippen LogP contribution >= 0.6 is 0 Å². The fourth-order valence-corrected chi connectivity index (χ4v) is 6.35. The predicted octanol–water partition coefficient (Wildman–Crippen LogP) is 4.02. The molecule has 4 rings (SSSR count). The maximum absolute atomic E-state index is 12.0. The molecule has 3 fully saturated rings. The van der Waals surface area contributed by atoms with E-state index in [2.05, 4.69) is 44.3 Å². The number of methoxy groups -OCH3 is 1. The lowest BCUT2D eigenvalue weighted by atomic mass is 9.58. The third-order valence-corrected chi connectivity index (χ3v) is 7.55. The van der Waals surface area contributed by atoms with Crippen molar-refractivity contribution in [3.63, 3.8) is 0 Å². The number of fused-ring (bicyclic) bond motifs is 1. The van der Waals surface area contributed by atoms with Crippen molar-refractivity contribution in [2.75, 3.05) is 13.7 Å². The first kappa shape index (κ1) is 17.8. The molecule has 2 aliphatic carbocycles. The van der Waals surface area contributed by atoms with E-state index in [1.54, 1.807) is 14.0 Å². The maximum atomic E-state index is 12.0. The van der Waals surface area contributed by atoms with Crippen LogP contribution in [0.1, 0.15) is 57.3 Å². The van der Waals surface area contributed by atoms with Crippen LogP contribution in [0.3, 0.4) is 0 Å². The highest BCUT2D eigenvalue weighted by Crippen LogP contribution is 2.70. The van der Waals surface area contributed by atoms with Crippen LogP contribution in [0, 0.1) is 29.6 Å². The van der Waals surface area contributed by atoms with E-state index < -0.39 is 0 Å². The number of hydrogen-bond acceptors (Lipinski definition) is 3. The summed E-state index contributed by atoms with van der Waals surface area (Å²) in [5.74, 6) is 2.07. The lowest BCUT2D eigenvalue weighted by Gasteiger charge is -2.53. The summed E-state index contributed by atoms with van der Waals surface area (Å²) in [4.78, 5) is 12.0. The van der Waals surface area contributed by atoms with Crippen LogP contribution < -0.4 is 10.1 Å². The first-order chi connectivity index (χ1) is 12.3. The van der Waals surface area contributed by atoms with Gasteiger partial charge < -0.3 is 14.8 Å². The zero-order chi connectivity index (χ0) is 18.7. The minimum atomic E-state index is 0.0525. The molecule has 1 spiro atoms. The summed E-state index contributed by atoms with van der Waals surface area (Å²) in [6.45, 7) is 9.15. The topological polar surface area (TPSA) is 47.6 Å². The van der Waals surface area contributed by atoms with Crippen molar-refractivity contribution in [3.8, 4) is 5.75 Å². The Bertz CT molecular complexity index is 728. The maximum Gasteiger partial charge on any atom is 0.217 e. The summed E-state index contributed by atoms with van der Waals surface area (Å²) < 4.78 is 12.0. The minimum Gasteiger partial charge on any atom is -0.496 e. The predicted molar refractivity (Wildman–Crippen MR) is 101 cm³/mol. The van der Waals surface area contributed by atoms with Gasteiger partial charge in [-0.05, 0) is 60.5 Å². The molecule has 26 heavy (non-hydrogen) atoms. The van der Waals surface area contributed by atoms with Crippen LogP contribution in [0.5, 0.6) is 5.75 Å². The van der Waals surface area contributed by atoms with E-state index in [1.165, 1.54) is 18.4 Å². The number of carbonyl (C=O) groups excluding carboxylic acids is 1. The Balaban J connectivity index is 1.74. The first-order valence-corrected chi connectivity index (χ1v) is 9.83. The Morgan fingerprint density at radius 2 is 2.12 bits per heavy atom. The number of aryl methyl sites for hydroxylation is 1. The van der Waals surface area contributed by atoms with Crippen molar-refractivity contribution in [1.82, 2.24) is 5.32 Å². The van der Waals surface area contributed by atoms with Crippen LogP contribution in [0.25, 0.3) is 0 Å². The number of rotatable bonds is 3. The summed E-state index contributed by atoms with van der Waals surface area (Å²) in [6.07, 6.45) is 3.46. The van der Waals surface area contributed by atoms with E-state index >= 15 is 0 Å². The molecule has 1 aromatic rings. The van der Waals surface area contributed by atoms with E-state index in [0.29, 0.717) is 11.8 Å². The molecule has 1 unspecified atom stereocenters. The zero-order valence-corrected chi connectivity index (χ0v) is 16.6. The largest absolute Gasteiger partial charge is 0.496 e. The molecule has 1 aromatic carbocycles. The van der Waals surface area contributed by atoms with E-state index in [-0.39, 0.29) is 28.9 Å².